The Bertz CT molecular complexity index is 1160. The Labute approximate surface area is 197 Å². The zero-order valence-corrected chi connectivity index (χ0v) is 20.9. The van der Waals surface area contributed by atoms with Gasteiger partial charge in [-0.15, -0.1) is 0 Å². The van der Waals surface area contributed by atoms with E-state index in [2.05, 4.69) is 48.1 Å². The molecule has 0 spiro atoms. The van der Waals surface area contributed by atoms with Crippen LogP contribution in [0.15, 0.2) is 53.0 Å². The summed E-state index contributed by atoms with van der Waals surface area (Å²) >= 11 is 3.37. The summed E-state index contributed by atoms with van der Waals surface area (Å²) in [7, 11) is 1.62. The zero-order valence-electron chi connectivity index (χ0n) is 19.4. The maximum Gasteiger partial charge on any atom is 0.254 e. The van der Waals surface area contributed by atoms with Gasteiger partial charge < -0.3 is 10.2 Å². The van der Waals surface area contributed by atoms with Gasteiger partial charge in [0.15, 0.2) is 0 Å². The monoisotopic (exact) mass is 496 g/mol. The van der Waals surface area contributed by atoms with Crippen LogP contribution in [0.25, 0.3) is 5.69 Å². The molecule has 0 bridgehead atoms. The molecule has 3 aromatic rings. The summed E-state index contributed by atoms with van der Waals surface area (Å²) in [5, 5.41) is 7.73. The largest absolute Gasteiger partial charge is 0.332 e. The fourth-order valence-electron chi connectivity index (χ4n) is 3.37. The average Bonchev–Trinajstić information content (AvgIpc) is 3.11. The predicted molar refractivity (Wildman–Crippen MR) is 131 cm³/mol. The summed E-state index contributed by atoms with van der Waals surface area (Å²) in [4.78, 5) is 26.9. The smallest absolute Gasteiger partial charge is 0.254 e. The molecule has 6 nitrogen and oxygen atoms in total. The molecule has 1 heterocycles. The van der Waals surface area contributed by atoms with Crippen molar-refractivity contribution in [2.45, 2.75) is 40.0 Å². The fraction of sp³-hybridized carbons (Fsp3) is 0.320. The lowest BCUT2D eigenvalue weighted by Gasteiger charge is -2.17. The molecule has 32 heavy (non-hydrogen) atoms. The Morgan fingerprint density at radius 2 is 1.81 bits per heavy atom. The second-order valence-corrected chi connectivity index (χ2v) is 10.0. The first-order valence-electron chi connectivity index (χ1n) is 10.4. The highest BCUT2D eigenvalue weighted by Crippen LogP contribution is 2.27. The molecule has 3 rings (SSSR count). The first-order chi connectivity index (χ1) is 15.0. The minimum Gasteiger partial charge on any atom is -0.332 e. The number of carbonyl (C=O) groups excluding carboxylic acids is 2. The summed E-state index contributed by atoms with van der Waals surface area (Å²) in [5.74, 6) is 0.0668. The summed E-state index contributed by atoms with van der Waals surface area (Å²) in [5.41, 5.74) is 4.33. The van der Waals surface area contributed by atoms with Crippen LogP contribution in [0.3, 0.4) is 0 Å². The van der Waals surface area contributed by atoms with Gasteiger partial charge in [-0.2, -0.15) is 5.10 Å². The first-order valence-corrected chi connectivity index (χ1v) is 11.2. The van der Waals surface area contributed by atoms with E-state index in [1.807, 2.05) is 38.1 Å². The predicted octanol–water partition coefficient (Wildman–Crippen LogP) is 5.26. The Morgan fingerprint density at radius 1 is 1.09 bits per heavy atom. The van der Waals surface area contributed by atoms with E-state index in [0.29, 0.717) is 11.4 Å². The number of halogens is 1. The normalized spacial score (nSPS) is 11.3. The van der Waals surface area contributed by atoms with Crippen LogP contribution in [0.2, 0.25) is 0 Å². The molecule has 0 aliphatic rings. The number of nitrogens with one attached hydrogen (secondary N) is 1. The molecule has 7 heteroatoms. The van der Waals surface area contributed by atoms with Crippen molar-refractivity contribution in [1.82, 2.24) is 14.7 Å². The molecule has 0 saturated carbocycles. The van der Waals surface area contributed by atoms with Crippen LogP contribution in [0.5, 0.6) is 0 Å². The number of carbonyl (C=O) groups is 2. The van der Waals surface area contributed by atoms with E-state index in [1.54, 1.807) is 29.9 Å². The summed E-state index contributed by atoms with van der Waals surface area (Å²) in [6.07, 6.45) is 0. The molecule has 168 valence electrons. The Morgan fingerprint density at radius 3 is 2.44 bits per heavy atom. The van der Waals surface area contributed by atoms with Gasteiger partial charge in [0.25, 0.3) is 5.91 Å². The van der Waals surface area contributed by atoms with Crippen LogP contribution in [0.4, 0.5) is 5.82 Å². The molecule has 0 fully saturated rings. The number of hydrogen-bond donors (Lipinski definition) is 1. The van der Waals surface area contributed by atoms with E-state index >= 15 is 0 Å². The topological polar surface area (TPSA) is 67.2 Å². The quantitative estimate of drug-likeness (QED) is 0.523. The van der Waals surface area contributed by atoms with E-state index in [9.17, 15) is 9.59 Å². The lowest BCUT2D eigenvalue weighted by Crippen LogP contribution is -2.35. The van der Waals surface area contributed by atoms with E-state index in [0.717, 1.165) is 27.0 Å². The minimum absolute atomic E-state index is 0.0751. The first kappa shape index (κ1) is 23.7. The van der Waals surface area contributed by atoms with Gasteiger partial charge in [-0.05, 0) is 43.7 Å². The molecule has 1 aromatic heterocycles. The minimum atomic E-state index is -0.290. The average molecular weight is 497 g/mol. The van der Waals surface area contributed by atoms with Crippen LogP contribution in [0.1, 0.15) is 48.0 Å². The molecule has 0 aliphatic carbocycles. The van der Waals surface area contributed by atoms with Crippen molar-refractivity contribution in [1.29, 1.82) is 0 Å². The fourth-order valence-corrected chi connectivity index (χ4v) is 3.77. The van der Waals surface area contributed by atoms with E-state index in [-0.39, 0.29) is 23.8 Å². The standard InChI is InChI=1S/C25H29BrN4O2/c1-16-10-11-20(17(2)12-16)30-22(14-21(28-30)25(3,4)5)27-23(31)15-29(6)24(32)18-8-7-9-19(26)13-18/h7-14H,15H2,1-6H3,(H,27,31). The second kappa shape index (κ2) is 9.28. The third kappa shape index (κ3) is 5.46. The number of anilines is 1. The number of hydrogen-bond acceptors (Lipinski definition) is 3. The van der Waals surface area contributed by atoms with Gasteiger partial charge in [0, 0.05) is 28.6 Å². The lowest BCUT2D eigenvalue weighted by atomic mass is 9.92. The summed E-state index contributed by atoms with van der Waals surface area (Å²) in [6, 6.07) is 15.1. The molecule has 1 N–H and O–H groups in total. The number of benzene rings is 2. The Kier molecular flexibility index (Phi) is 6.88. The van der Waals surface area contributed by atoms with E-state index in [1.165, 1.54) is 4.90 Å². The summed E-state index contributed by atoms with van der Waals surface area (Å²) < 4.78 is 2.58. The molecule has 0 aliphatic heterocycles. The number of amides is 2. The van der Waals surface area contributed by atoms with Crippen LogP contribution in [-0.4, -0.2) is 40.1 Å². The summed E-state index contributed by atoms with van der Waals surface area (Å²) in [6.45, 7) is 10.2. The molecule has 2 aromatic carbocycles. The van der Waals surface area contributed by atoms with Gasteiger partial charge in [0.2, 0.25) is 5.91 Å². The third-order valence-corrected chi connectivity index (χ3v) is 5.62. The van der Waals surface area contributed by atoms with Crippen molar-refractivity contribution < 1.29 is 9.59 Å². The number of aryl methyl sites for hydroxylation is 2. The third-order valence-electron chi connectivity index (χ3n) is 5.12. The van der Waals surface area contributed by atoms with Crippen molar-refractivity contribution in [3.63, 3.8) is 0 Å². The zero-order chi connectivity index (χ0) is 23.6. The van der Waals surface area contributed by atoms with Crippen LogP contribution in [-0.2, 0) is 10.2 Å². The van der Waals surface area contributed by atoms with Crippen molar-refractivity contribution in [2.24, 2.45) is 0 Å². The van der Waals surface area contributed by atoms with E-state index < -0.39 is 0 Å². The highest BCUT2D eigenvalue weighted by Gasteiger charge is 2.23. The lowest BCUT2D eigenvalue weighted by molar-refractivity contribution is -0.116. The number of rotatable bonds is 5. The highest BCUT2D eigenvalue weighted by molar-refractivity contribution is 9.10. The number of nitrogens with zero attached hydrogens (tertiary/aromatic N) is 3. The maximum absolute atomic E-state index is 12.9. The van der Waals surface area contributed by atoms with Gasteiger partial charge in [-0.3, -0.25) is 9.59 Å². The molecule has 0 radical (unpaired) electrons. The number of aromatic nitrogens is 2. The van der Waals surface area contributed by atoms with Gasteiger partial charge in [0.1, 0.15) is 5.82 Å². The van der Waals surface area contributed by atoms with Crippen molar-refractivity contribution in [3.05, 3.63) is 75.4 Å². The molecule has 2 amide bonds. The highest BCUT2D eigenvalue weighted by atomic mass is 79.9. The van der Waals surface area contributed by atoms with Crippen molar-refractivity contribution in [3.8, 4) is 5.69 Å². The maximum atomic E-state index is 12.9. The molecule has 0 saturated heterocycles. The second-order valence-electron chi connectivity index (χ2n) is 9.09. The Hall–Kier alpha value is -2.93. The van der Waals surface area contributed by atoms with Crippen LogP contribution >= 0.6 is 15.9 Å². The Balaban J connectivity index is 1.85. The molecular formula is C25H29BrN4O2. The molecule has 0 atom stereocenters. The molecule has 0 unspecified atom stereocenters. The van der Waals surface area contributed by atoms with Gasteiger partial charge in [-0.25, -0.2) is 4.68 Å². The van der Waals surface area contributed by atoms with Crippen LogP contribution in [0, 0.1) is 13.8 Å². The van der Waals surface area contributed by atoms with Gasteiger partial charge in [0.05, 0.1) is 17.9 Å². The molecular weight excluding hydrogens is 468 g/mol. The van der Waals surface area contributed by atoms with E-state index in [4.69, 9.17) is 5.10 Å². The van der Waals surface area contributed by atoms with Gasteiger partial charge >= 0.3 is 0 Å². The van der Waals surface area contributed by atoms with Crippen molar-refractivity contribution >= 4 is 33.6 Å². The van der Waals surface area contributed by atoms with Gasteiger partial charge in [-0.1, -0.05) is 60.5 Å². The van der Waals surface area contributed by atoms with Crippen LogP contribution < -0.4 is 5.32 Å². The van der Waals surface area contributed by atoms with Crippen molar-refractivity contribution in [2.75, 3.05) is 18.9 Å². The SMILES string of the molecule is Cc1ccc(-n2nc(C(C)(C)C)cc2NC(=O)CN(C)C(=O)c2cccc(Br)c2)c(C)c1. The number of likely N-dealkylation sites (N-methyl/N-ethyl adjacent to an activating group) is 1.